The van der Waals surface area contributed by atoms with Crippen molar-refractivity contribution in [2.75, 3.05) is 7.11 Å². The largest absolute Gasteiger partial charge is 0.497 e. The SMILES string of the molecule is COc1ccc(N=C(C)c2cc3ccccc3o2)cc1. The first kappa shape index (κ1) is 12.5. The molecule has 0 saturated heterocycles. The van der Waals surface area contributed by atoms with Gasteiger partial charge in [0.15, 0.2) is 0 Å². The highest BCUT2D eigenvalue weighted by atomic mass is 16.5. The number of hydrogen-bond acceptors (Lipinski definition) is 3. The summed E-state index contributed by atoms with van der Waals surface area (Å²) in [5, 5.41) is 1.09. The summed E-state index contributed by atoms with van der Waals surface area (Å²) >= 11 is 0. The van der Waals surface area contributed by atoms with Crippen molar-refractivity contribution in [3.05, 3.63) is 60.4 Å². The molecule has 0 aliphatic rings. The van der Waals surface area contributed by atoms with E-state index in [9.17, 15) is 0 Å². The van der Waals surface area contributed by atoms with Crippen LogP contribution in [-0.4, -0.2) is 12.8 Å². The van der Waals surface area contributed by atoms with Crippen LogP contribution in [0.3, 0.4) is 0 Å². The Bertz CT molecular complexity index is 721. The maximum absolute atomic E-state index is 5.79. The second-order valence-corrected chi connectivity index (χ2v) is 4.54. The number of rotatable bonds is 3. The molecule has 1 heterocycles. The van der Waals surface area contributed by atoms with Crippen LogP contribution in [-0.2, 0) is 0 Å². The van der Waals surface area contributed by atoms with Gasteiger partial charge >= 0.3 is 0 Å². The Morgan fingerprint density at radius 1 is 1.05 bits per heavy atom. The Balaban J connectivity index is 1.93. The van der Waals surface area contributed by atoms with Crippen LogP contribution in [0.1, 0.15) is 12.7 Å². The van der Waals surface area contributed by atoms with E-state index in [1.165, 1.54) is 0 Å². The maximum atomic E-state index is 5.79. The number of aliphatic imine (C=N–C) groups is 1. The van der Waals surface area contributed by atoms with Crippen molar-refractivity contribution < 1.29 is 9.15 Å². The molecule has 0 aliphatic heterocycles. The zero-order valence-electron chi connectivity index (χ0n) is 11.5. The Kier molecular flexibility index (Phi) is 3.25. The minimum absolute atomic E-state index is 0.794. The van der Waals surface area contributed by atoms with Crippen molar-refractivity contribution in [3.63, 3.8) is 0 Å². The summed E-state index contributed by atoms with van der Waals surface area (Å²) in [5.41, 5.74) is 2.61. The Morgan fingerprint density at radius 3 is 2.50 bits per heavy atom. The van der Waals surface area contributed by atoms with Gasteiger partial charge in [0.25, 0.3) is 0 Å². The number of hydrogen-bond donors (Lipinski definition) is 0. The van der Waals surface area contributed by atoms with Crippen LogP contribution in [0, 0.1) is 0 Å². The van der Waals surface area contributed by atoms with Crippen LogP contribution in [0.2, 0.25) is 0 Å². The minimum atomic E-state index is 0.794. The molecule has 100 valence electrons. The maximum Gasteiger partial charge on any atom is 0.149 e. The molecule has 20 heavy (non-hydrogen) atoms. The topological polar surface area (TPSA) is 34.7 Å². The van der Waals surface area contributed by atoms with Gasteiger partial charge in [-0.2, -0.15) is 0 Å². The van der Waals surface area contributed by atoms with Crippen LogP contribution in [0.5, 0.6) is 5.75 Å². The Morgan fingerprint density at radius 2 is 1.80 bits per heavy atom. The molecule has 0 aliphatic carbocycles. The molecule has 0 N–H and O–H groups in total. The summed E-state index contributed by atoms with van der Waals surface area (Å²) in [6.07, 6.45) is 0. The van der Waals surface area contributed by atoms with Crippen molar-refractivity contribution in [3.8, 4) is 5.75 Å². The van der Waals surface area contributed by atoms with Crippen molar-refractivity contribution in [2.45, 2.75) is 6.92 Å². The predicted octanol–water partition coefficient (Wildman–Crippen LogP) is 4.58. The van der Waals surface area contributed by atoms with E-state index in [2.05, 4.69) is 4.99 Å². The summed E-state index contributed by atoms with van der Waals surface area (Å²) in [7, 11) is 1.65. The summed E-state index contributed by atoms with van der Waals surface area (Å²) in [6.45, 7) is 1.95. The molecule has 0 bridgehead atoms. The average molecular weight is 265 g/mol. The summed E-state index contributed by atoms with van der Waals surface area (Å²) in [6, 6.07) is 17.6. The van der Waals surface area contributed by atoms with Gasteiger partial charge in [0.1, 0.15) is 17.1 Å². The highest BCUT2D eigenvalue weighted by Gasteiger charge is 2.06. The van der Waals surface area contributed by atoms with Crippen LogP contribution in [0.4, 0.5) is 5.69 Å². The molecule has 3 aromatic rings. The molecule has 3 heteroatoms. The van der Waals surface area contributed by atoms with Gasteiger partial charge in [0.2, 0.25) is 0 Å². The van der Waals surface area contributed by atoms with Gasteiger partial charge in [-0.25, -0.2) is 4.99 Å². The molecule has 0 amide bonds. The van der Waals surface area contributed by atoms with E-state index in [0.29, 0.717) is 0 Å². The van der Waals surface area contributed by atoms with Crippen LogP contribution >= 0.6 is 0 Å². The average Bonchev–Trinajstić information content (AvgIpc) is 2.92. The van der Waals surface area contributed by atoms with E-state index in [1.807, 2.05) is 61.5 Å². The summed E-state index contributed by atoms with van der Waals surface area (Å²) < 4.78 is 10.9. The molecule has 3 rings (SSSR count). The number of ether oxygens (including phenoxy) is 1. The Hall–Kier alpha value is -2.55. The number of methoxy groups -OCH3 is 1. The molecule has 0 radical (unpaired) electrons. The number of benzene rings is 2. The third kappa shape index (κ3) is 2.43. The second-order valence-electron chi connectivity index (χ2n) is 4.54. The lowest BCUT2D eigenvalue weighted by Crippen LogP contribution is -1.90. The zero-order valence-corrected chi connectivity index (χ0v) is 11.5. The second kappa shape index (κ2) is 5.21. The zero-order chi connectivity index (χ0) is 13.9. The highest BCUT2D eigenvalue weighted by molar-refractivity contribution is 6.01. The molecule has 0 unspecified atom stereocenters. The molecule has 2 aromatic carbocycles. The van der Waals surface area contributed by atoms with E-state index >= 15 is 0 Å². The molecule has 1 aromatic heterocycles. The van der Waals surface area contributed by atoms with Crippen molar-refractivity contribution in [2.24, 2.45) is 4.99 Å². The van der Waals surface area contributed by atoms with E-state index in [1.54, 1.807) is 7.11 Å². The van der Waals surface area contributed by atoms with Crippen molar-refractivity contribution >= 4 is 22.4 Å². The standard InChI is InChI=1S/C17H15NO2/c1-12(18-14-7-9-15(19-2)10-8-14)17-11-13-5-3-4-6-16(13)20-17/h3-11H,1-2H3. The van der Waals surface area contributed by atoms with Gasteiger partial charge in [-0.05, 0) is 43.3 Å². The molecular formula is C17H15NO2. The Labute approximate surface area is 117 Å². The van der Waals surface area contributed by atoms with Gasteiger partial charge < -0.3 is 9.15 Å². The number of nitrogens with zero attached hydrogens (tertiary/aromatic N) is 1. The van der Waals surface area contributed by atoms with E-state index in [-0.39, 0.29) is 0 Å². The first-order valence-electron chi connectivity index (χ1n) is 6.44. The lowest BCUT2D eigenvalue weighted by atomic mass is 10.2. The van der Waals surface area contributed by atoms with Gasteiger partial charge in [-0.3, -0.25) is 0 Å². The lowest BCUT2D eigenvalue weighted by molar-refractivity contribution is 0.415. The van der Waals surface area contributed by atoms with Crippen LogP contribution < -0.4 is 4.74 Å². The predicted molar refractivity (Wildman–Crippen MR) is 81.1 cm³/mol. The van der Waals surface area contributed by atoms with Crippen LogP contribution in [0.25, 0.3) is 11.0 Å². The summed E-state index contributed by atoms with van der Waals surface area (Å²) in [4.78, 5) is 4.57. The van der Waals surface area contributed by atoms with Gasteiger partial charge in [0.05, 0.1) is 18.5 Å². The van der Waals surface area contributed by atoms with Gasteiger partial charge in [-0.1, -0.05) is 18.2 Å². The lowest BCUT2D eigenvalue weighted by Gasteiger charge is -2.00. The molecular weight excluding hydrogens is 250 g/mol. The molecule has 0 fully saturated rings. The number of furan rings is 1. The van der Waals surface area contributed by atoms with Crippen LogP contribution in [0.15, 0.2) is 64.0 Å². The van der Waals surface area contributed by atoms with Crippen molar-refractivity contribution in [1.29, 1.82) is 0 Å². The number of fused-ring (bicyclic) bond motifs is 1. The molecule has 3 nitrogen and oxygen atoms in total. The van der Waals surface area contributed by atoms with E-state index in [4.69, 9.17) is 9.15 Å². The fourth-order valence-corrected chi connectivity index (χ4v) is 2.07. The first-order valence-corrected chi connectivity index (χ1v) is 6.44. The fraction of sp³-hybridized carbons (Fsp3) is 0.118. The minimum Gasteiger partial charge on any atom is -0.497 e. The first-order chi connectivity index (χ1) is 9.76. The third-order valence-corrected chi connectivity index (χ3v) is 3.15. The molecule has 0 saturated carbocycles. The fourth-order valence-electron chi connectivity index (χ4n) is 2.07. The van der Waals surface area contributed by atoms with E-state index < -0.39 is 0 Å². The van der Waals surface area contributed by atoms with E-state index in [0.717, 1.165) is 33.9 Å². The summed E-state index contributed by atoms with van der Waals surface area (Å²) in [5.74, 6) is 1.62. The van der Waals surface area contributed by atoms with Gasteiger partial charge in [-0.15, -0.1) is 0 Å². The smallest absolute Gasteiger partial charge is 0.149 e. The quantitative estimate of drug-likeness (QED) is 0.649. The third-order valence-electron chi connectivity index (χ3n) is 3.15. The van der Waals surface area contributed by atoms with Crippen molar-refractivity contribution in [1.82, 2.24) is 0 Å². The molecule has 0 spiro atoms. The van der Waals surface area contributed by atoms with Gasteiger partial charge in [0, 0.05) is 5.39 Å². The monoisotopic (exact) mass is 265 g/mol. The molecule has 0 atom stereocenters. The normalized spacial score (nSPS) is 11.8. The number of para-hydroxylation sites is 1. The highest BCUT2D eigenvalue weighted by Crippen LogP contribution is 2.22.